The van der Waals surface area contributed by atoms with Gasteiger partial charge in [-0.05, 0) is 44.5 Å². The van der Waals surface area contributed by atoms with E-state index in [9.17, 15) is 4.39 Å². The molecule has 0 spiro atoms. The molecule has 1 unspecified atom stereocenters. The highest BCUT2D eigenvalue weighted by Crippen LogP contribution is 2.28. The van der Waals surface area contributed by atoms with Gasteiger partial charge < -0.3 is 9.64 Å². The molecule has 3 heteroatoms. The molecule has 0 saturated carbocycles. The van der Waals surface area contributed by atoms with Crippen molar-refractivity contribution in [3.05, 3.63) is 46.8 Å². The van der Waals surface area contributed by atoms with Crippen LogP contribution < -0.4 is 0 Å². The van der Waals surface area contributed by atoms with Crippen molar-refractivity contribution in [2.45, 2.75) is 26.4 Å². The van der Waals surface area contributed by atoms with Gasteiger partial charge in [-0.2, -0.15) is 0 Å². The standard InChI is InChI=1S/C16H22FNO/c1-12(2)8-10-19-16-11-18(3)9-7-13-14(16)5-4-6-15(13)17/h4-6,8,16H,7,9-11H2,1-3H3. The molecular formula is C16H22FNO. The fourth-order valence-electron chi connectivity index (χ4n) is 2.39. The van der Waals surface area contributed by atoms with Crippen LogP contribution in [-0.4, -0.2) is 31.6 Å². The fraction of sp³-hybridized carbons (Fsp3) is 0.500. The molecular weight excluding hydrogens is 241 g/mol. The number of likely N-dealkylation sites (N-methyl/N-ethyl adjacent to an activating group) is 1. The third-order valence-electron chi connectivity index (χ3n) is 3.51. The Bertz CT molecular complexity index is 466. The smallest absolute Gasteiger partial charge is 0.126 e. The molecule has 104 valence electrons. The summed E-state index contributed by atoms with van der Waals surface area (Å²) in [6.45, 7) is 6.37. The van der Waals surface area contributed by atoms with Gasteiger partial charge in [0.05, 0.1) is 12.7 Å². The average Bonchev–Trinajstić information content (AvgIpc) is 2.50. The molecule has 2 nitrogen and oxygen atoms in total. The van der Waals surface area contributed by atoms with Gasteiger partial charge in [0.15, 0.2) is 0 Å². The summed E-state index contributed by atoms with van der Waals surface area (Å²) in [6.07, 6.45) is 2.76. The second-order valence-corrected chi connectivity index (χ2v) is 5.42. The lowest BCUT2D eigenvalue weighted by Crippen LogP contribution is -2.25. The molecule has 2 rings (SSSR count). The Labute approximate surface area is 114 Å². The van der Waals surface area contributed by atoms with Gasteiger partial charge >= 0.3 is 0 Å². The number of halogens is 1. The van der Waals surface area contributed by atoms with Crippen molar-refractivity contribution in [1.82, 2.24) is 4.90 Å². The Morgan fingerprint density at radius 3 is 3.00 bits per heavy atom. The molecule has 1 aliphatic rings. The first-order valence-corrected chi connectivity index (χ1v) is 6.78. The SMILES string of the molecule is CC(C)=CCOC1CN(C)CCc2c(F)cccc21. The van der Waals surface area contributed by atoms with Crippen molar-refractivity contribution in [2.24, 2.45) is 0 Å². The van der Waals surface area contributed by atoms with Gasteiger partial charge in [-0.1, -0.05) is 23.8 Å². The number of hydrogen-bond donors (Lipinski definition) is 0. The van der Waals surface area contributed by atoms with Gasteiger partial charge in [0.2, 0.25) is 0 Å². The van der Waals surface area contributed by atoms with Gasteiger partial charge in [-0.15, -0.1) is 0 Å². The van der Waals surface area contributed by atoms with Crippen LogP contribution >= 0.6 is 0 Å². The van der Waals surface area contributed by atoms with Crippen LogP contribution in [-0.2, 0) is 11.2 Å². The van der Waals surface area contributed by atoms with Crippen molar-refractivity contribution < 1.29 is 9.13 Å². The summed E-state index contributed by atoms with van der Waals surface area (Å²) in [5.41, 5.74) is 3.06. The number of ether oxygens (including phenoxy) is 1. The number of rotatable bonds is 3. The Balaban J connectivity index is 2.21. The molecule has 0 N–H and O–H groups in total. The van der Waals surface area contributed by atoms with Crippen LogP contribution in [0.4, 0.5) is 4.39 Å². The lowest BCUT2D eigenvalue weighted by atomic mass is 10.0. The largest absolute Gasteiger partial charge is 0.368 e. The van der Waals surface area contributed by atoms with Crippen molar-refractivity contribution in [1.29, 1.82) is 0 Å². The lowest BCUT2D eigenvalue weighted by molar-refractivity contribution is 0.0515. The van der Waals surface area contributed by atoms with Crippen molar-refractivity contribution in [3.8, 4) is 0 Å². The number of nitrogens with zero attached hydrogens (tertiary/aromatic N) is 1. The van der Waals surface area contributed by atoms with Crippen molar-refractivity contribution in [2.75, 3.05) is 26.7 Å². The summed E-state index contributed by atoms with van der Waals surface area (Å²) in [6, 6.07) is 5.30. The van der Waals surface area contributed by atoms with E-state index in [2.05, 4.69) is 31.9 Å². The molecule has 1 heterocycles. The predicted octanol–water partition coefficient (Wildman–Crippen LogP) is 3.34. The topological polar surface area (TPSA) is 12.5 Å². The molecule has 0 bridgehead atoms. The highest BCUT2D eigenvalue weighted by Gasteiger charge is 2.23. The zero-order chi connectivity index (χ0) is 13.8. The quantitative estimate of drug-likeness (QED) is 0.776. The van der Waals surface area contributed by atoms with Crippen molar-refractivity contribution >= 4 is 0 Å². The van der Waals surface area contributed by atoms with E-state index in [4.69, 9.17) is 4.74 Å². The molecule has 0 aliphatic carbocycles. The average molecular weight is 263 g/mol. The molecule has 0 amide bonds. The normalized spacial score (nSPS) is 19.7. The van der Waals surface area contributed by atoms with Crippen LogP contribution in [0.5, 0.6) is 0 Å². The van der Waals surface area contributed by atoms with Crippen LogP contribution in [0.25, 0.3) is 0 Å². The number of hydrogen-bond acceptors (Lipinski definition) is 2. The Morgan fingerprint density at radius 1 is 1.47 bits per heavy atom. The minimum atomic E-state index is -0.108. The number of fused-ring (bicyclic) bond motifs is 1. The molecule has 0 radical (unpaired) electrons. The first-order valence-electron chi connectivity index (χ1n) is 6.78. The van der Waals surface area contributed by atoms with Crippen LogP contribution in [0.3, 0.4) is 0 Å². The molecule has 1 aromatic rings. The van der Waals surface area contributed by atoms with E-state index in [1.807, 2.05) is 6.07 Å². The minimum Gasteiger partial charge on any atom is -0.368 e. The Kier molecular flexibility index (Phi) is 4.72. The van der Waals surface area contributed by atoms with Crippen LogP contribution in [0, 0.1) is 5.82 Å². The zero-order valence-electron chi connectivity index (χ0n) is 11.9. The molecule has 19 heavy (non-hydrogen) atoms. The van der Waals surface area contributed by atoms with Gasteiger partial charge in [0.1, 0.15) is 5.82 Å². The molecule has 1 atom stereocenters. The zero-order valence-corrected chi connectivity index (χ0v) is 11.9. The summed E-state index contributed by atoms with van der Waals surface area (Å²) in [5.74, 6) is -0.108. The Hall–Kier alpha value is -1.19. The van der Waals surface area contributed by atoms with Gasteiger partial charge in [0.25, 0.3) is 0 Å². The highest BCUT2D eigenvalue weighted by atomic mass is 19.1. The van der Waals surface area contributed by atoms with Gasteiger partial charge in [0, 0.05) is 13.1 Å². The second-order valence-electron chi connectivity index (χ2n) is 5.42. The maximum absolute atomic E-state index is 13.9. The van der Waals surface area contributed by atoms with E-state index in [0.717, 1.165) is 30.6 Å². The molecule has 0 aromatic heterocycles. The van der Waals surface area contributed by atoms with E-state index in [0.29, 0.717) is 6.61 Å². The van der Waals surface area contributed by atoms with E-state index < -0.39 is 0 Å². The third-order valence-corrected chi connectivity index (χ3v) is 3.51. The van der Waals surface area contributed by atoms with Crippen LogP contribution in [0.1, 0.15) is 31.1 Å². The molecule has 0 fully saturated rings. The summed E-state index contributed by atoms with van der Waals surface area (Å²) < 4.78 is 19.9. The monoisotopic (exact) mass is 263 g/mol. The Morgan fingerprint density at radius 2 is 2.26 bits per heavy atom. The van der Waals surface area contributed by atoms with Crippen LogP contribution in [0.15, 0.2) is 29.8 Å². The minimum absolute atomic E-state index is 0.0474. The first-order chi connectivity index (χ1) is 9.08. The van der Waals surface area contributed by atoms with E-state index in [1.165, 1.54) is 11.6 Å². The lowest BCUT2D eigenvalue weighted by Gasteiger charge is -2.21. The predicted molar refractivity (Wildman–Crippen MR) is 75.7 cm³/mol. The molecule has 1 aromatic carbocycles. The van der Waals surface area contributed by atoms with Gasteiger partial charge in [-0.3, -0.25) is 0 Å². The first kappa shape index (κ1) is 14.2. The fourth-order valence-corrected chi connectivity index (χ4v) is 2.39. The summed E-state index contributed by atoms with van der Waals surface area (Å²) in [7, 11) is 2.06. The van der Waals surface area contributed by atoms with E-state index >= 15 is 0 Å². The van der Waals surface area contributed by atoms with E-state index in [-0.39, 0.29) is 11.9 Å². The third kappa shape index (κ3) is 3.64. The molecule has 0 saturated heterocycles. The van der Waals surface area contributed by atoms with E-state index in [1.54, 1.807) is 6.07 Å². The van der Waals surface area contributed by atoms with Crippen LogP contribution in [0.2, 0.25) is 0 Å². The van der Waals surface area contributed by atoms with Gasteiger partial charge in [-0.25, -0.2) is 4.39 Å². The maximum atomic E-state index is 13.9. The number of benzene rings is 1. The number of allylic oxidation sites excluding steroid dienone is 1. The maximum Gasteiger partial charge on any atom is 0.126 e. The summed E-state index contributed by atoms with van der Waals surface area (Å²) in [4.78, 5) is 2.20. The highest BCUT2D eigenvalue weighted by molar-refractivity contribution is 5.32. The second kappa shape index (κ2) is 6.31. The summed E-state index contributed by atoms with van der Waals surface area (Å²) in [5, 5.41) is 0. The summed E-state index contributed by atoms with van der Waals surface area (Å²) >= 11 is 0. The van der Waals surface area contributed by atoms with Crippen molar-refractivity contribution in [3.63, 3.8) is 0 Å². The molecule has 1 aliphatic heterocycles.